The monoisotopic (exact) mass is 275 g/mol. The third-order valence-corrected chi connectivity index (χ3v) is 5.69. The first kappa shape index (κ1) is 12.6. The van der Waals surface area contributed by atoms with Crippen LogP contribution in [0.4, 0.5) is 0 Å². The Kier molecular flexibility index (Phi) is 3.07. The maximum atomic E-state index is 12.8. The van der Waals surface area contributed by atoms with Crippen LogP contribution in [-0.4, -0.2) is 24.8 Å². The van der Waals surface area contributed by atoms with Crippen molar-refractivity contribution in [1.29, 1.82) is 0 Å². The molecule has 0 aliphatic carbocycles. The molecule has 1 aromatic carbocycles. The number of benzene rings is 1. The van der Waals surface area contributed by atoms with Gasteiger partial charge in [-0.25, -0.2) is 8.42 Å². The Morgan fingerprint density at radius 2 is 1.53 bits per heavy atom. The van der Waals surface area contributed by atoms with E-state index in [9.17, 15) is 8.42 Å². The van der Waals surface area contributed by atoms with Crippen LogP contribution in [0, 0.1) is 6.92 Å². The maximum absolute atomic E-state index is 12.8. The third-order valence-electron chi connectivity index (χ3n) is 3.72. The average molecular weight is 275 g/mol. The molecule has 2 bridgehead atoms. The SMILES string of the molecule is Cc1ccc(S(=O)(=O)N2C3C=CCC2C=CC3)cc1. The molecule has 2 aliphatic rings. The Bertz CT molecular complexity index is 609. The number of hydrogen-bond donors (Lipinski definition) is 0. The molecule has 0 N–H and O–H groups in total. The molecule has 2 aliphatic heterocycles. The highest BCUT2D eigenvalue weighted by Crippen LogP contribution is 2.31. The lowest BCUT2D eigenvalue weighted by atomic mass is 9.98. The van der Waals surface area contributed by atoms with Gasteiger partial charge < -0.3 is 0 Å². The van der Waals surface area contributed by atoms with E-state index in [1.54, 1.807) is 16.4 Å². The molecule has 0 spiro atoms. The Balaban J connectivity index is 2.03. The molecule has 0 radical (unpaired) electrons. The van der Waals surface area contributed by atoms with Gasteiger partial charge in [-0.3, -0.25) is 0 Å². The van der Waals surface area contributed by atoms with Gasteiger partial charge in [-0.15, -0.1) is 0 Å². The topological polar surface area (TPSA) is 37.4 Å². The van der Waals surface area contributed by atoms with Gasteiger partial charge in [0.25, 0.3) is 0 Å². The van der Waals surface area contributed by atoms with Crippen LogP contribution in [0.2, 0.25) is 0 Å². The molecule has 4 heteroatoms. The third kappa shape index (κ3) is 2.15. The second-order valence-electron chi connectivity index (χ2n) is 5.11. The summed E-state index contributed by atoms with van der Waals surface area (Å²) in [5.41, 5.74) is 1.07. The first-order valence-corrected chi connectivity index (χ1v) is 7.96. The van der Waals surface area contributed by atoms with Gasteiger partial charge >= 0.3 is 0 Å². The minimum Gasteiger partial charge on any atom is -0.207 e. The Morgan fingerprint density at radius 1 is 1.00 bits per heavy atom. The summed E-state index contributed by atoms with van der Waals surface area (Å²) in [7, 11) is -3.41. The molecule has 0 saturated heterocycles. The zero-order valence-corrected chi connectivity index (χ0v) is 11.7. The minimum absolute atomic E-state index is 0.0324. The van der Waals surface area contributed by atoms with Gasteiger partial charge in [0.1, 0.15) is 0 Å². The van der Waals surface area contributed by atoms with Gasteiger partial charge in [0.05, 0.1) is 4.90 Å². The van der Waals surface area contributed by atoms with Gasteiger partial charge in [0, 0.05) is 12.1 Å². The summed E-state index contributed by atoms with van der Waals surface area (Å²) in [6.07, 6.45) is 9.70. The zero-order valence-electron chi connectivity index (χ0n) is 10.9. The molecule has 0 amide bonds. The van der Waals surface area contributed by atoms with Gasteiger partial charge in [0.15, 0.2) is 0 Å². The minimum atomic E-state index is -3.41. The molecule has 0 aromatic heterocycles. The summed E-state index contributed by atoms with van der Waals surface area (Å²) < 4.78 is 27.2. The van der Waals surface area contributed by atoms with Crippen LogP contribution in [0.25, 0.3) is 0 Å². The molecule has 100 valence electrons. The molecule has 3 nitrogen and oxygen atoms in total. The van der Waals surface area contributed by atoms with E-state index >= 15 is 0 Å². The average Bonchev–Trinajstić information content (AvgIpc) is 2.38. The van der Waals surface area contributed by atoms with Crippen LogP contribution in [-0.2, 0) is 10.0 Å². The number of nitrogens with zero attached hydrogens (tertiary/aromatic N) is 1. The van der Waals surface area contributed by atoms with E-state index in [0.29, 0.717) is 4.90 Å². The van der Waals surface area contributed by atoms with Crippen molar-refractivity contribution in [2.24, 2.45) is 0 Å². The Morgan fingerprint density at radius 3 is 2.05 bits per heavy atom. The number of rotatable bonds is 2. The molecular weight excluding hydrogens is 258 g/mol. The van der Waals surface area contributed by atoms with Gasteiger partial charge in [-0.2, -0.15) is 4.31 Å². The van der Waals surface area contributed by atoms with Crippen molar-refractivity contribution < 1.29 is 8.42 Å². The van der Waals surface area contributed by atoms with E-state index in [2.05, 4.69) is 12.2 Å². The summed E-state index contributed by atoms with van der Waals surface area (Å²) in [4.78, 5) is 0.388. The standard InChI is InChI=1S/C15H17NO2S/c1-12-8-10-15(11-9-12)19(17,18)16-13-4-2-5-14(16)7-3-6-13/h2-4,7-11,13-14H,5-6H2,1H3. The van der Waals surface area contributed by atoms with Crippen LogP contribution in [0.1, 0.15) is 18.4 Å². The molecule has 2 heterocycles. The predicted octanol–water partition coefficient (Wildman–Crippen LogP) is 2.64. The van der Waals surface area contributed by atoms with E-state index in [-0.39, 0.29) is 12.1 Å². The van der Waals surface area contributed by atoms with Crippen LogP contribution < -0.4 is 0 Å². The number of aryl methyl sites for hydroxylation is 1. The fourth-order valence-electron chi connectivity index (χ4n) is 2.72. The molecule has 0 fully saturated rings. The number of sulfonamides is 1. The van der Waals surface area contributed by atoms with E-state index < -0.39 is 10.0 Å². The largest absolute Gasteiger partial charge is 0.244 e. The van der Waals surface area contributed by atoms with E-state index in [1.165, 1.54) is 0 Å². The fraction of sp³-hybridized carbons (Fsp3) is 0.333. The highest BCUT2D eigenvalue weighted by atomic mass is 32.2. The Labute approximate surface area is 114 Å². The lowest BCUT2D eigenvalue weighted by molar-refractivity contribution is 0.291. The molecule has 2 atom stereocenters. The Hall–Kier alpha value is -1.39. The number of hydrogen-bond acceptors (Lipinski definition) is 2. The van der Waals surface area contributed by atoms with Gasteiger partial charge in [-0.1, -0.05) is 42.0 Å². The first-order chi connectivity index (χ1) is 9.09. The normalized spacial score (nSPS) is 26.6. The number of fused-ring (bicyclic) bond motifs is 2. The predicted molar refractivity (Wildman–Crippen MR) is 75.3 cm³/mol. The molecule has 1 aromatic rings. The van der Waals surface area contributed by atoms with E-state index in [0.717, 1.165) is 18.4 Å². The van der Waals surface area contributed by atoms with E-state index in [1.807, 2.05) is 31.2 Å². The molecule has 3 rings (SSSR count). The smallest absolute Gasteiger partial charge is 0.207 e. The highest BCUT2D eigenvalue weighted by Gasteiger charge is 2.37. The van der Waals surface area contributed by atoms with Crippen molar-refractivity contribution in [3.8, 4) is 0 Å². The maximum Gasteiger partial charge on any atom is 0.244 e. The zero-order chi connectivity index (χ0) is 13.5. The molecule has 19 heavy (non-hydrogen) atoms. The van der Waals surface area contributed by atoms with Crippen LogP contribution in [0.15, 0.2) is 53.5 Å². The van der Waals surface area contributed by atoms with Crippen LogP contribution >= 0.6 is 0 Å². The van der Waals surface area contributed by atoms with Crippen molar-refractivity contribution in [1.82, 2.24) is 4.31 Å². The molecular formula is C15H17NO2S. The summed E-state index contributed by atoms with van der Waals surface area (Å²) in [5.74, 6) is 0. The molecule has 2 unspecified atom stereocenters. The van der Waals surface area contributed by atoms with Crippen molar-refractivity contribution in [3.05, 3.63) is 54.1 Å². The van der Waals surface area contributed by atoms with Crippen LogP contribution in [0.5, 0.6) is 0 Å². The van der Waals surface area contributed by atoms with Gasteiger partial charge in [0.2, 0.25) is 10.0 Å². The van der Waals surface area contributed by atoms with Crippen molar-refractivity contribution in [3.63, 3.8) is 0 Å². The highest BCUT2D eigenvalue weighted by molar-refractivity contribution is 7.89. The first-order valence-electron chi connectivity index (χ1n) is 6.52. The molecule has 0 saturated carbocycles. The lowest BCUT2D eigenvalue weighted by Gasteiger charge is -2.39. The van der Waals surface area contributed by atoms with Gasteiger partial charge in [-0.05, 0) is 31.9 Å². The summed E-state index contributed by atoms with van der Waals surface area (Å²) in [5, 5.41) is 0. The van der Waals surface area contributed by atoms with Crippen LogP contribution in [0.3, 0.4) is 0 Å². The lowest BCUT2D eigenvalue weighted by Crippen LogP contribution is -2.48. The summed E-state index contributed by atoms with van der Waals surface area (Å²) in [6.45, 7) is 1.96. The second-order valence-corrected chi connectivity index (χ2v) is 6.95. The van der Waals surface area contributed by atoms with Crippen molar-refractivity contribution in [2.75, 3.05) is 0 Å². The van der Waals surface area contributed by atoms with Crippen molar-refractivity contribution in [2.45, 2.75) is 36.7 Å². The second kappa shape index (κ2) is 4.62. The quantitative estimate of drug-likeness (QED) is 0.778. The summed E-state index contributed by atoms with van der Waals surface area (Å²) >= 11 is 0. The van der Waals surface area contributed by atoms with Crippen molar-refractivity contribution >= 4 is 10.0 Å². The summed E-state index contributed by atoms with van der Waals surface area (Å²) in [6, 6.07) is 7.02. The fourth-order valence-corrected chi connectivity index (χ4v) is 4.47. The van der Waals surface area contributed by atoms with E-state index in [4.69, 9.17) is 0 Å².